The molecular weight excluding hydrogens is 217 g/mol. The number of methoxy groups -OCH3 is 1. The van der Waals surface area contributed by atoms with Crippen LogP contribution in [0.5, 0.6) is 5.75 Å². The highest BCUT2D eigenvalue weighted by molar-refractivity contribution is 5.37. The van der Waals surface area contributed by atoms with E-state index in [2.05, 4.69) is 18.7 Å². The second-order valence-electron chi connectivity index (χ2n) is 4.88. The molecule has 1 aromatic rings. The number of rotatable bonds is 3. The molecule has 17 heavy (non-hydrogen) atoms. The number of hydrogen-bond acceptors (Lipinski definition) is 2. The summed E-state index contributed by atoms with van der Waals surface area (Å²) in [5, 5.41) is 0. The van der Waals surface area contributed by atoms with Crippen LogP contribution in [0.3, 0.4) is 0 Å². The van der Waals surface area contributed by atoms with E-state index < -0.39 is 0 Å². The molecule has 0 saturated carbocycles. The van der Waals surface area contributed by atoms with E-state index in [0.717, 1.165) is 24.3 Å². The van der Waals surface area contributed by atoms with Crippen LogP contribution >= 0.6 is 0 Å². The van der Waals surface area contributed by atoms with Crippen LogP contribution in [0.15, 0.2) is 18.2 Å². The maximum Gasteiger partial charge on any atom is 0.123 e. The Balaban J connectivity index is 2.35. The molecule has 0 radical (unpaired) electrons. The van der Waals surface area contributed by atoms with Crippen molar-refractivity contribution >= 4 is 0 Å². The molecule has 0 aliphatic carbocycles. The van der Waals surface area contributed by atoms with Crippen LogP contribution in [0.25, 0.3) is 0 Å². The minimum Gasteiger partial charge on any atom is -0.496 e. The van der Waals surface area contributed by atoms with Gasteiger partial charge in [0.25, 0.3) is 0 Å². The quantitative estimate of drug-likeness (QED) is 0.799. The van der Waals surface area contributed by atoms with Gasteiger partial charge in [0.05, 0.1) is 7.11 Å². The van der Waals surface area contributed by atoms with E-state index in [1.165, 1.54) is 12.5 Å². The maximum atomic E-state index is 13.4. The summed E-state index contributed by atoms with van der Waals surface area (Å²) in [4.78, 5) is 2.41. The fourth-order valence-electron chi connectivity index (χ4n) is 2.71. The first-order valence-corrected chi connectivity index (χ1v) is 6.22. The molecule has 1 saturated heterocycles. The monoisotopic (exact) mass is 237 g/mol. The smallest absolute Gasteiger partial charge is 0.123 e. The number of halogens is 1. The van der Waals surface area contributed by atoms with Crippen molar-refractivity contribution in [3.05, 3.63) is 29.6 Å². The molecule has 0 N–H and O–H groups in total. The van der Waals surface area contributed by atoms with Crippen LogP contribution in [0.1, 0.15) is 38.3 Å². The van der Waals surface area contributed by atoms with E-state index in [9.17, 15) is 4.39 Å². The highest BCUT2D eigenvalue weighted by atomic mass is 19.1. The van der Waals surface area contributed by atoms with Gasteiger partial charge in [-0.2, -0.15) is 0 Å². The van der Waals surface area contributed by atoms with Gasteiger partial charge in [0, 0.05) is 17.6 Å². The molecule has 0 aromatic heterocycles. The fourth-order valence-corrected chi connectivity index (χ4v) is 2.71. The number of benzene rings is 1. The molecule has 0 spiro atoms. The summed E-state index contributed by atoms with van der Waals surface area (Å²) in [5.41, 5.74) is 0.985. The van der Waals surface area contributed by atoms with Crippen molar-refractivity contribution in [2.45, 2.75) is 38.8 Å². The van der Waals surface area contributed by atoms with Gasteiger partial charge >= 0.3 is 0 Å². The van der Waals surface area contributed by atoms with Gasteiger partial charge in [-0.1, -0.05) is 0 Å². The molecule has 1 aliphatic rings. The lowest BCUT2D eigenvalue weighted by molar-refractivity contribution is 0.201. The second kappa shape index (κ2) is 5.05. The van der Waals surface area contributed by atoms with Gasteiger partial charge in [-0.25, -0.2) is 4.39 Å². The SMILES string of the molecule is COc1ccc(F)cc1C1CCCN1C(C)C. The first-order valence-electron chi connectivity index (χ1n) is 6.22. The summed E-state index contributed by atoms with van der Waals surface area (Å²) in [6.07, 6.45) is 2.25. The predicted octanol–water partition coefficient (Wildman–Crippen LogP) is 3.38. The lowest BCUT2D eigenvalue weighted by Crippen LogP contribution is -2.30. The third-order valence-corrected chi connectivity index (χ3v) is 3.51. The van der Waals surface area contributed by atoms with E-state index in [0.29, 0.717) is 12.1 Å². The van der Waals surface area contributed by atoms with Gasteiger partial charge in [-0.05, 0) is 51.4 Å². The second-order valence-corrected chi connectivity index (χ2v) is 4.88. The topological polar surface area (TPSA) is 12.5 Å². The zero-order valence-corrected chi connectivity index (χ0v) is 10.7. The summed E-state index contributed by atoms with van der Waals surface area (Å²) in [7, 11) is 1.64. The summed E-state index contributed by atoms with van der Waals surface area (Å²) >= 11 is 0. The number of ether oxygens (including phenoxy) is 1. The average molecular weight is 237 g/mol. The van der Waals surface area contributed by atoms with Crippen molar-refractivity contribution in [1.29, 1.82) is 0 Å². The molecular formula is C14H20FNO. The van der Waals surface area contributed by atoms with Crippen molar-refractivity contribution in [1.82, 2.24) is 4.90 Å². The summed E-state index contributed by atoms with van der Waals surface area (Å²) in [6.45, 7) is 5.45. The molecule has 1 fully saturated rings. The number of likely N-dealkylation sites (tertiary alicyclic amines) is 1. The standard InChI is InChI=1S/C14H20FNO/c1-10(2)16-8-4-5-13(16)12-9-11(15)6-7-14(12)17-3/h6-7,9-10,13H,4-5,8H2,1-3H3. The third kappa shape index (κ3) is 2.44. The Labute approximate surface area is 102 Å². The van der Waals surface area contributed by atoms with E-state index in [1.54, 1.807) is 19.2 Å². The van der Waals surface area contributed by atoms with E-state index in [4.69, 9.17) is 4.74 Å². The van der Waals surface area contributed by atoms with Gasteiger partial charge in [-0.3, -0.25) is 4.90 Å². The minimum absolute atomic E-state index is 0.184. The molecule has 2 rings (SSSR count). The predicted molar refractivity (Wildman–Crippen MR) is 66.8 cm³/mol. The van der Waals surface area contributed by atoms with Crippen molar-refractivity contribution in [2.24, 2.45) is 0 Å². The molecule has 2 nitrogen and oxygen atoms in total. The van der Waals surface area contributed by atoms with Gasteiger partial charge in [0.2, 0.25) is 0 Å². The van der Waals surface area contributed by atoms with Gasteiger partial charge in [-0.15, -0.1) is 0 Å². The van der Waals surface area contributed by atoms with Crippen LogP contribution < -0.4 is 4.74 Å². The van der Waals surface area contributed by atoms with Crippen molar-refractivity contribution in [3.8, 4) is 5.75 Å². The lowest BCUT2D eigenvalue weighted by Gasteiger charge is -2.29. The largest absolute Gasteiger partial charge is 0.496 e. The highest BCUT2D eigenvalue weighted by Crippen LogP contribution is 2.38. The number of nitrogens with zero attached hydrogens (tertiary/aromatic N) is 1. The zero-order chi connectivity index (χ0) is 12.4. The van der Waals surface area contributed by atoms with E-state index >= 15 is 0 Å². The average Bonchev–Trinajstić information content (AvgIpc) is 2.77. The molecule has 3 heteroatoms. The van der Waals surface area contributed by atoms with Gasteiger partial charge in [0.1, 0.15) is 11.6 Å². The zero-order valence-electron chi connectivity index (χ0n) is 10.7. The maximum absolute atomic E-state index is 13.4. The molecule has 1 unspecified atom stereocenters. The van der Waals surface area contributed by atoms with Crippen LogP contribution in [0.4, 0.5) is 4.39 Å². The Bertz CT molecular complexity index is 392. The molecule has 0 bridgehead atoms. The molecule has 1 atom stereocenters. The highest BCUT2D eigenvalue weighted by Gasteiger charge is 2.30. The summed E-state index contributed by atoms with van der Waals surface area (Å²) in [6, 6.07) is 5.57. The lowest BCUT2D eigenvalue weighted by atomic mass is 10.0. The van der Waals surface area contributed by atoms with Crippen LogP contribution in [-0.2, 0) is 0 Å². The Morgan fingerprint density at radius 3 is 2.82 bits per heavy atom. The van der Waals surface area contributed by atoms with Gasteiger partial charge in [0.15, 0.2) is 0 Å². The Morgan fingerprint density at radius 2 is 2.18 bits per heavy atom. The summed E-state index contributed by atoms with van der Waals surface area (Å²) < 4.78 is 18.7. The molecule has 0 amide bonds. The Morgan fingerprint density at radius 1 is 1.41 bits per heavy atom. The normalized spacial score (nSPS) is 21.1. The van der Waals surface area contributed by atoms with Gasteiger partial charge < -0.3 is 4.74 Å². The van der Waals surface area contributed by atoms with Crippen molar-refractivity contribution < 1.29 is 9.13 Å². The number of hydrogen-bond donors (Lipinski definition) is 0. The Kier molecular flexibility index (Phi) is 3.67. The van der Waals surface area contributed by atoms with Crippen molar-refractivity contribution in [3.63, 3.8) is 0 Å². The fraction of sp³-hybridized carbons (Fsp3) is 0.571. The summed E-state index contributed by atoms with van der Waals surface area (Å²) in [5.74, 6) is 0.611. The Hall–Kier alpha value is -1.09. The molecule has 1 aliphatic heterocycles. The first-order chi connectivity index (χ1) is 8.13. The minimum atomic E-state index is -0.184. The van der Waals surface area contributed by atoms with E-state index in [-0.39, 0.29) is 5.82 Å². The van der Waals surface area contributed by atoms with Crippen LogP contribution in [0, 0.1) is 5.82 Å². The molecule has 94 valence electrons. The van der Waals surface area contributed by atoms with Crippen LogP contribution in [0.2, 0.25) is 0 Å². The molecule has 1 aromatic carbocycles. The van der Waals surface area contributed by atoms with Crippen LogP contribution in [-0.4, -0.2) is 24.6 Å². The molecule has 1 heterocycles. The van der Waals surface area contributed by atoms with Crippen molar-refractivity contribution in [2.75, 3.05) is 13.7 Å². The van der Waals surface area contributed by atoms with E-state index in [1.807, 2.05) is 0 Å². The third-order valence-electron chi connectivity index (χ3n) is 3.51. The first kappa shape index (κ1) is 12.4.